The highest BCUT2D eigenvalue weighted by Gasteiger charge is 2.15. The average molecular weight is 323 g/mol. The van der Waals surface area contributed by atoms with E-state index in [4.69, 9.17) is 11.6 Å². The first kappa shape index (κ1) is 11.7. The van der Waals surface area contributed by atoms with Crippen LogP contribution >= 0.6 is 27.5 Å². The van der Waals surface area contributed by atoms with Gasteiger partial charge in [-0.15, -0.1) is 0 Å². The van der Waals surface area contributed by atoms with Crippen LogP contribution in [0, 0.1) is 6.92 Å². The molecule has 0 spiro atoms. The van der Waals surface area contributed by atoms with Crippen molar-refractivity contribution in [1.29, 1.82) is 0 Å². The molecular formula is C13H9BrClN3. The molecule has 90 valence electrons. The van der Waals surface area contributed by atoms with E-state index in [0.29, 0.717) is 5.15 Å². The third-order valence-corrected chi connectivity index (χ3v) is 4.19. The Hall–Kier alpha value is -1.39. The Morgan fingerprint density at radius 2 is 2.00 bits per heavy atom. The predicted octanol–water partition coefficient (Wildman–Crippen LogP) is 4.35. The molecule has 2 heterocycles. The van der Waals surface area contributed by atoms with Crippen LogP contribution in [0.5, 0.6) is 0 Å². The quantitative estimate of drug-likeness (QED) is 0.723. The van der Waals surface area contributed by atoms with Crippen LogP contribution in [0.3, 0.4) is 0 Å². The van der Waals surface area contributed by atoms with Gasteiger partial charge >= 0.3 is 0 Å². The van der Waals surface area contributed by atoms with Crippen LogP contribution < -0.4 is 0 Å². The van der Waals surface area contributed by atoms with Gasteiger partial charge in [0.25, 0.3) is 0 Å². The maximum absolute atomic E-state index is 6.08. The summed E-state index contributed by atoms with van der Waals surface area (Å²) in [5.74, 6) is 0. The topological polar surface area (TPSA) is 41.6 Å². The molecule has 0 unspecified atom stereocenters. The van der Waals surface area contributed by atoms with Crippen molar-refractivity contribution in [1.82, 2.24) is 15.0 Å². The van der Waals surface area contributed by atoms with Crippen LogP contribution in [0.2, 0.25) is 5.15 Å². The number of rotatable bonds is 1. The molecule has 2 aromatic heterocycles. The zero-order valence-electron chi connectivity index (χ0n) is 9.54. The Balaban J connectivity index is 2.40. The molecule has 5 heteroatoms. The van der Waals surface area contributed by atoms with Crippen molar-refractivity contribution in [2.45, 2.75) is 6.92 Å². The van der Waals surface area contributed by atoms with E-state index in [9.17, 15) is 0 Å². The van der Waals surface area contributed by atoms with E-state index in [-0.39, 0.29) is 0 Å². The summed E-state index contributed by atoms with van der Waals surface area (Å²) in [6.45, 7) is 2.06. The number of aromatic nitrogens is 3. The lowest BCUT2D eigenvalue weighted by Crippen LogP contribution is -1.89. The first-order valence-corrected chi connectivity index (χ1v) is 6.59. The molecule has 0 aliphatic carbocycles. The molecular weight excluding hydrogens is 314 g/mol. The van der Waals surface area contributed by atoms with Crippen molar-refractivity contribution in [2.24, 2.45) is 0 Å². The van der Waals surface area contributed by atoms with Gasteiger partial charge in [-0.1, -0.05) is 35.9 Å². The number of benzene rings is 1. The van der Waals surface area contributed by atoms with E-state index in [1.807, 2.05) is 18.2 Å². The smallest absolute Gasteiger partial charge is 0.143 e. The highest BCUT2D eigenvalue weighted by molar-refractivity contribution is 9.10. The minimum Gasteiger partial charge on any atom is -0.329 e. The normalized spacial score (nSPS) is 11.1. The number of fused-ring (bicyclic) bond motifs is 1. The number of aryl methyl sites for hydroxylation is 1. The molecule has 1 aromatic carbocycles. The summed E-state index contributed by atoms with van der Waals surface area (Å²) in [6, 6.07) is 8.12. The summed E-state index contributed by atoms with van der Waals surface area (Å²) in [7, 11) is 0. The maximum atomic E-state index is 6.08. The van der Waals surface area contributed by atoms with Crippen molar-refractivity contribution < 1.29 is 0 Å². The molecule has 0 bridgehead atoms. The molecule has 0 saturated carbocycles. The first-order valence-electron chi connectivity index (χ1n) is 5.42. The first-order chi connectivity index (χ1) is 8.68. The van der Waals surface area contributed by atoms with Crippen molar-refractivity contribution in [3.63, 3.8) is 0 Å². The minimum atomic E-state index is 0.542. The number of aromatic amines is 1. The summed E-state index contributed by atoms with van der Waals surface area (Å²) in [4.78, 5) is 11.6. The average Bonchev–Trinajstić information content (AvgIpc) is 2.66. The second-order valence-electron chi connectivity index (χ2n) is 4.01. The van der Waals surface area contributed by atoms with Crippen LogP contribution in [0.15, 0.2) is 35.1 Å². The largest absolute Gasteiger partial charge is 0.329 e. The Labute approximate surface area is 117 Å². The molecule has 3 aromatic rings. The number of hydrogen-bond donors (Lipinski definition) is 1. The zero-order chi connectivity index (χ0) is 12.7. The van der Waals surface area contributed by atoms with Crippen LogP contribution in [0.4, 0.5) is 0 Å². The van der Waals surface area contributed by atoms with Crippen LogP contribution in [-0.4, -0.2) is 15.0 Å². The van der Waals surface area contributed by atoms with Gasteiger partial charge in [-0.2, -0.15) is 0 Å². The fraction of sp³-hybridized carbons (Fsp3) is 0.0769. The van der Waals surface area contributed by atoms with Crippen LogP contribution in [0.1, 0.15) is 5.56 Å². The fourth-order valence-electron chi connectivity index (χ4n) is 2.00. The molecule has 0 amide bonds. The Morgan fingerprint density at radius 3 is 2.78 bits per heavy atom. The third kappa shape index (κ3) is 1.72. The van der Waals surface area contributed by atoms with Crippen molar-refractivity contribution in [2.75, 3.05) is 0 Å². The Kier molecular flexibility index (Phi) is 2.84. The number of H-pyrrole nitrogens is 1. The standard InChI is InChI=1S/C13H9BrClN3/c1-7-4-2-3-5-8(7)11-9-10(14)12(15)18-13(9)17-6-16-11/h2-6H,1H3,(H,16,17,18). The van der Waals surface area contributed by atoms with E-state index in [1.54, 1.807) is 6.33 Å². The van der Waals surface area contributed by atoms with E-state index in [0.717, 1.165) is 26.8 Å². The van der Waals surface area contributed by atoms with Crippen molar-refractivity contribution in [3.05, 3.63) is 45.8 Å². The van der Waals surface area contributed by atoms with Gasteiger partial charge < -0.3 is 4.98 Å². The van der Waals surface area contributed by atoms with Gasteiger partial charge in [0, 0.05) is 5.56 Å². The van der Waals surface area contributed by atoms with Crippen LogP contribution in [0.25, 0.3) is 22.3 Å². The molecule has 0 aliphatic heterocycles. The van der Waals surface area contributed by atoms with E-state index in [1.165, 1.54) is 5.56 Å². The van der Waals surface area contributed by atoms with Gasteiger partial charge in [0.05, 0.1) is 15.6 Å². The van der Waals surface area contributed by atoms with Gasteiger partial charge in [-0.25, -0.2) is 9.97 Å². The third-order valence-electron chi connectivity index (χ3n) is 2.89. The Bertz CT molecular complexity index is 736. The van der Waals surface area contributed by atoms with Gasteiger partial charge in [0.1, 0.15) is 17.1 Å². The highest BCUT2D eigenvalue weighted by atomic mass is 79.9. The molecule has 18 heavy (non-hydrogen) atoms. The summed E-state index contributed by atoms with van der Waals surface area (Å²) >= 11 is 9.56. The lowest BCUT2D eigenvalue weighted by molar-refractivity contribution is 1.20. The molecule has 0 atom stereocenters. The summed E-state index contributed by atoms with van der Waals surface area (Å²) in [6.07, 6.45) is 1.55. The lowest BCUT2D eigenvalue weighted by Gasteiger charge is -2.05. The van der Waals surface area contributed by atoms with Crippen LogP contribution in [-0.2, 0) is 0 Å². The molecule has 0 fully saturated rings. The Morgan fingerprint density at radius 1 is 1.22 bits per heavy atom. The molecule has 3 nitrogen and oxygen atoms in total. The van der Waals surface area contributed by atoms with Crippen molar-refractivity contribution >= 4 is 38.6 Å². The number of nitrogens with one attached hydrogen (secondary N) is 1. The molecule has 0 radical (unpaired) electrons. The van der Waals surface area contributed by atoms with Gasteiger partial charge in [-0.05, 0) is 28.4 Å². The molecule has 0 aliphatic rings. The summed E-state index contributed by atoms with van der Waals surface area (Å²) < 4.78 is 0.804. The van der Waals surface area contributed by atoms with Gasteiger partial charge in [-0.3, -0.25) is 0 Å². The van der Waals surface area contributed by atoms with Crippen molar-refractivity contribution in [3.8, 4) is 11.3 Å². The SMILES string of the molecule is Cc1ccccc1-c1ncnc2[nH]c(Cl)c(Br)c12. The zero-order valence-corrected chi connectivity index (χ0v) is 11.9. The number of hydrogen-bond acceptors (Lipinski definition) is 2. The second kappa shape index (κ2) is 4.37. The fourth-order valence-corrected chi connectivity index (χ4v) is 2.66. The summed E-state index contributed by atoms with van der Waals surface area (Å²) in [5.41, 5.74) is 3.87. The highest BCUT2D eigenvalue weighted by Crippen LogP contribution is 2.36. The molecule has 3 rings (SSSR count). The number of halogens is 2. The summed E-state index contributed by atoms with van der Waals surface area (Å²) in [5, 5.41) is 1.46. The van der Waals surface area contributed by atoms with E-state index >= 15 is 0 Å². The van der Waals surface area contributed by atoms with Gasteiger partial charge in [0.15, 0.2) is 0 Å². The molecule has 0 saturated heterocycles. The monoisotopic (exact) mass is 321 g/mol. The second-order valence-corrected chi connectivity index (χ2v) is 5.18. The van der Waals surface area contributed by atoms with E-state index < -0.39 is 0 Å². The maximum Gasteiger partial charge on any atom is 0.143 e. The van der Waals surface area contributed by atoms with Gasteiger partial charge in [0.2, 0.25) is 0 Å². The minimum absolute atomic E-state index is 0.542. The number of nitrogens with zero attached hydrogens (tertiary/aromatic N) is 2. The van der Waals surface area contributed by atoms with E-state index in [2.05, 4.69) is 43.9 Å². The predicted molar refractivity (Wildman–Crippen MR) is 76.8 cm³/mol. The molecule has 1 N–H and O–H groups in total. The lowest BCUT2D eigenvalue weighted by atomic mass is 10.0.